The fourth-order valence-corrected chi connectivity index (χ4v) is 1.19. The molecular formula is C13H22O2. The second kappa shape index (κ2) is 7.27. The second-order valence-electron chi connectivity index (χ2n) is 3.74. The first-order chi connectivity index (χ1) is 7.02. The van der Waals surface area contributed by atoms with E-state index in [-0.39, 0.29) is 5.97 Å². The summed E-state index contributed by atoms with van der Waals surface area (Å²) in [5, 5.41) is 0. The van der Waals surface area contributed by atoms with Crippen LogP contribution in [0.4, 0.5) is 0 Å². The van der Waals surface area contributed by atoms with E-state index >= 15 is 0 Å². The van der Waals surface area contributed by atoms with E-state index in [0.717, 1.165) is 0 Å². The maximum Gasteiger partial charge on any atom is 0.305 e. The Morgan fingerprint density at radius 3 is 2.20 bits per heavy atom. The Morgan fingerprint density at radius 2 is 2.07 bits per heavy atom. The monoisotopic (exact) mass is 210 g/mol. The highest BCUT2D eigenvalue weighted by Gasteiger charge is 2.15. The summed E-state index contributed by atoms with van der Waals surface area (Å²) in [4.78, 5) is 10.2. The summed E-state index contributed by atoms with van der Waals surface area (Å²) in [6.07, 6.45) is 4.82. The van der Waals surface area contributed by atoms with E-state index in [4.69, 9.17) is 0 Å². The lowest BCUT2D eigenvalue weighted by atomic mass is 9.97. The number of rotatable bonds is 2. The van der Waals surface area contributed by atoms with Gasteiger partial charge in [0.05, 0.1) is 6.61 Å². The van der Waals surface area contributed by atoms with Gasteiger partial charge in [0.2, 0.25) is 0 Å². The summed E-state index contributed by atoms with van der Waals surface area (Å²) in [5.74, 6) is 1.26. The van der Waals surface area contributed by atoms with Gasteiger partial charge in [0.25, 0.3) is 0 Å². The summed E-state index contributed by atoms with van der Waals surface area (Å²) in [7, 11) is 0. The minimum Gasteiger partial charge on any atom is -0.466 e. The van der Waals surface area contributed by atoms with Crippen LogP contribution in [0.2, 0.25) is 0 Å². The molecular weight excluding hydrogens is 188 g/mol. The van der Waals surface area contributed by atoms with Crippen molar-refractivity contribution in [1.82, 2.24) is 0 Å². The quantitative estimate of drug-likeness (QED) is 0.653. The topological polar surface area (TPSA) is 26.3 Å². The molecule has 1 aliphatic rings. The Morgan fingerprint density at radius 1 is 1.47 bits per heavy atom. The summed E-state index contributed by atoms with van der Waals surface area (Å²) in [6, 6.07) is 0. The van der Waals surface area contributed by atoms with E-state index in [9.17, 15) is 4.79 Å². The van der Waals surface area contributed by atoms with Crippen molar-refractivity contribution in [3.05, 3.63) is 24.3 Å². The Labute approximate surface area is 93.0 Å². The molecule has 0 saturated carbocycles. The number of esters is 1. The molecule has 1 aliphatic carbocycles. The van der Waals surface area contributed by atoms with Gasteiger partial charge in [-0.2, -0.15) is 0 Å². The van der Waals surface area contributed by atoms with Gasteiger partial charge in [0, 0.05) is 6.42 Å². The van der Waals surface area contributed by atoms with Gasteiger partial charge in [-0.15, -0.1) is 0 Å². The van der Waals surface area contributed by atoms with Crippen LogP contribution in [-0.4, -0.2) is 12.6 Å². The van der Waals surface area contributed by atoms with Crippen LogP contribution in [0.5, 0.6) is 0 Å². The Bertz CT molecular complexity index is 241. The minimum atomic E-state index is -0.123. The van der Waals surface area contributed by atoms with Gasteiger partial charge in [0.15, 0.2) is 0 Å². The summed E-state index contributed by atoms with van der Waals surface area (Å²) in [6.45, 7) is 12.4. The molecule has 0 spiro atoms. The van der Waals surface area contributed by atoms with E-state index in [1.54, 1.807) is 13.8 Å². The van der Waals surface area contributed by atoms with Gasteiger partial charge in [-0.1, -0.05) is 45.1 Å². The van der Waals surface area contributed by atoms with Crippen molar-refractivity contribution in [3.63, 3.8) is 0 Å². The van der Waals surface area contributed by atoms with E-state index < -0.39 is 0 Å². The Hall–Kier alpha value is -1.05. The molecule has 0 amide bonds. The van der Waals surface area contributed by atoms with Crippen LogP contribution in [0.15, 0.2) is 24.3 Å². The lowest BCUT2D eigenvalue weighted by molar-refractivity contribution is -0.142. The predicted molar refractivity (Wildman–Crippen MR) is 63.5 cm³/mol. The molecule has 0 heterocycles. The molecule has 86 valence electrons. The van der Waals surface area contributed by atoms with E-state index in [1.165, 1.54) is 5.57 Å². The maximum atomic E-state index is 10.2. The molecule has 0 radical (unpaired) electrons. The Kier molecular flexibility index (Phi) is 6.76. The third kappa shape index (κ3) is 5.40. The fourth-order valence-electron chi connectivity index (χ4n) is 1.19. The molecule has 1 rings (SSSR count). The summed E-state index contributed by atoms with van der Waals surface area (Å²) in [5.41, 5.74) is 1.28. The van der Waals surface area contributed by atoms with Gasteiger partial charge in [0.1, 0.15) is 0 Å². The van der Waals surface area contributed by atoms with Crippen LogP contribution < -0.4 is 0 Å². The van der Waals surface area contributed by atoms with Crippen LogP contribution in [0.3, 0.4) is 0 Å². The molecule has 0 fully saturated rings. The van der Waals surface area contributed by atoms with Crippen molar-refractivity contribution in [3.8, 4) is 0 Å². The number of carbonyl (C=O) groups excluding carboxylic acids is 1. The second-order valence-corrected chi connectivity index (χ2v) is 3.74. The zero-order valence-corrected chi connectivity index (χ0v) is 10.2. The van der Waals surface area contributed by atoms with Crippen molar-refractivity contribution < 1.29 is 9.53 Å². The molecule has 15 heavy (non-hydrogen) atoms. The van der Waals surface area contributed by atoms with Crippen LogP contribution in [0, 0.1) is 11.8 Å². The van der Waals surface area contributed by atoms with Crippen LogP contribution in [0.25, 0.3) is 0 Å². The van der Waals surface area contributed by atoms with Gasteiger partial charge >= 0.3 is 5.97 Å². The first-order valence-electron chi connectivity index (χ1n) is 5.55. The number of hydrogen-bond donors (Lipinski definition) is 0. The summed E-state index contributed by atoms with van der Waals surface area (Å²) >= 11 is 0. The van der Waals surface area contributed by atoms with Crippen LogP contribution >= 0.6 is 0 Å². The van der Waals surface area contributed by atoms with Crippen molar-refractivity contribution in [2.45, 2.75) is 34.1 Å². The van der Waals surface area contributed by atoms with Crippen molar-refractivity contribution in [2.75, 3.05) is 6.61 Å². The Balaban J connectivity index is 0.000000265. The molecule has 0 aromatic rings. The van der Waals surface area contributed by atoms with Crippen LogP contribution in [0.1, 0.15) is 34.1 Å². The molecule has 0 aromatic heterocycles. The number of allylic oxidation sites excluding steroid dienone is 3. The zero-order valence-electron chi connectivity index (χ0n) is 10.2. The van der Waals surface area contributed by atoms with E-state index in [1.807, 2.05) is 0 Å². The lowest BCUT2D eigenvalue weighted by Gasteiger charge is -2.07. The van der Waals surface area contributed by atoms with Crippen LogP contribution in [-0.2, 0) is 9.53 Å². The number of carbonyl (C=O) groups is 1. The normalized spacial score (nSPS) is 23.3. The molecule has 2 atom stereocenters. The largest absolute Gasteiger partial charge is 0.466 e. The average Bonchev–Trinajstić information content (AvgIpc) is 2.51. The van der Waals surface area contributed by atoms with Gasteiger partial charge in [-0.25, -0.2) is 0 Å². The third-order valence-electron chi connectivity index (χ3n) is 2.58. The number of hydrogen-bond acceptors (Lipinski definition) is 2. The van der Waals surface area contributed by atoms with E-state index in [0.29, 0.717) is 24.9 Å². The van der Waals surface area contributed by atoms with Crippen molar-refractivity contribution in [2.24, 2.45) is 11.8 Å². The molecule has 1 unspecified atom stereocenters. The maximum absolute atomic E-state index is 10.2. The third-order valence-corrected chi connectivity index (χ3v) is 2.58. The molecule has 0 bridgehead atoms. The first-order valence-corrected chi connectivity index (χ1v) is 5.55. The fraction of sp³-hybridized carbons (Fsp3) is 0.615. The van der Waals surface area contributed by atoms with Gasteiger partial charge < -0.3 is 4.74 Å². The minimum absolute atomic E-state index is 0.123. The van der Waals surface area contributed by atoms with Crippen molar-refractivity contribution >= 4 is 5.97 Å². The predicted octanol–water partition coefficient (Wildman–Crippen LogP) is 3.34. The molecule has 0 saturated heterocycles. The highest BCUT2D eigenvalue weighted by Crippen LogP contribution is 2.27. The smallest absolute Gasteiger partial charge is 0.305 e. The molecule has 0 aliphatic heterocycles. The lowest BCUT2D eigenvalue weighted by Crippen LogP contribution is -2.00. The van der Waals surface area contributed by atoms with Crippen molar-refractivity contribution in [1.29, 1.82) is 0 Å². The molecule has 2 nitrogen and oxygen atoms in total. The average molecular weight is 210 g/mol. The van der Waals surface area contributed by atoms with Gasteiger partial charge in [-0.05, 0) is 18.8 Å². The number of ether oxygens (including phenoxy) is 1. The first kappa shape index (κ1) is 13.9. The summed E-state index contributed by atoms with van der Waals surface area (Å²) < 4.78 is 4.55. The standard InChI is InChI=1S/C8H12.C5H10O2/c1-6-4-5-7(2)8(6)3;1-3-5(6)7-4-2/h4-5,7-8H,1H2,2-3H3;3-4H2,1-2H3/t7-,8?;/m0./s1. The molecule has 0 N–H and O–H groups in total. The molecule has 0 aromatic carbocycles. The highest BCUT2D eigenvalue weighted by atomic mass is 16.5. The highest BCUT2D eigenvalue weighted by molar-refractivity contribution is 5.68. The zero-order chi connectivity index (χ0) is 11.8. The van der Waals surface area contributed by atoms with E-state index in [2.05, 4.69) is 37.3 Å². The SMILES string of the molecule is C=C1C=C[C@H](C)C1C.CCOC(=O)CC. The molecule has 2 heteroatoms. The van der Waals surface area contributed by atoms with Gasteiger partial charge in [-0.3, -0.25) is 4.79 Å².